The third-order valence-corrected chi connectivity index (χ3v) is 3.85. The molecule has 1 N–H and O–H groups in total. The van der Waals surface area contributed by atoms with E-state index in [0.29, 0.717) is 29.6 Å². The van der Waals surface area contributed by atoms with Crippen molar-refractivity contribution in [2.75, 3.05) is 5.32 Å². The van der Waals surface area contributed by atoms with Gasteiger partial charge < -0.3 is 14.6 Å². The minimum atomic E-state index is -0.313. The number of furan rings is 1. The lowest BCUT2D eigenvalue weighted by Crippen LogP contribution is -2.33. The number of nitrogens with one attached hydrogen (secondary N) is 1. The number of halogens is 2. The Hall–Kier alpha value is -2.79. The van der Waals surface area contributed by atoms with Gasteiger partial charge in [0.05, 0.1) is 12.8 Å². The maximum atomic E-state index is 13.1. The van der Waals surface area contributed by atoms with E-state index in [1.165, 1.54) is 12.1 Å². The summed E-state index contributed by atoms with van der Waals surface area (Å²) in [5.74, 6) is 0.348. The zero-order valence-corrected chi connectivity index (χ0v) is 14.0. The standard InChI is InChI=1S/C19H16ClFN2O2/c20-15-5-9-17(10-6-15)22-19(24)23(13-18-2-1-11-25-18)12-14-3-7-16(21)8-4-14/h1-11H,12-13H2,(H,22,24). The molecule has 0 radical (unpaired) electrons. The van der Waals surface area contributed by atoms with Crippen LogP contribution < -0.4 is 5.32 Å². The zero-order valence-electron chi connectivity index (χ0n) is 13.3. The number of benzene rings is 2. The molecule has 1 heterocycles. The highest BCUT2D eigenvalue weighted by atomic mass is 35.5. The van der Waals surface area contributed by atoms with E-state index in [9.17, 15) is 9.18 Å². The molecule has 1 aromatic heterocycles. The fourth-order valence-electron chi connectivity index (χ4n) is 2.34. The summed E-state index contributed by atoms with van der Waals surface area (Å²) in [6.07, 6.45) is 1.56. The van der Waals surface area contributed by atoms with Crippen molar-refractivity contribution >= 4 is 23.3 Å². The lowest BCUT2D eigenvalue weighted by atomic mass is 10.2. The molecular formula is C19H16ClFN2O2. The molecule has 0 saturated carbocycles. The Bertz CT molecular complexity index is 818. The Labute approximate surface area is 149 Å². The number of hydrogen-bond donors (Lipinski definition) is 1. The van der Waals surface area contributed by atoms with Crippen LogP contribution in [0.15, 0.2) is 71.3 Å². The Morgan fingerprint density at radius 2 is 1.76 bits per heavy atom. The maximum absolute atomic E-state index is 13.1. The van der Waals surface area contributed by atoms with Crippen molar-refractivity contribution < 1.29 is 13.6 Å². The summed E-state index contributed by atoms with van der Waals surface area (Å²) in [4.78, 5) is 14.2. The van der Waals surface area contributed by atoms with E-state index in [1.807, 2.05) is 0 Å². The van der Waals surface area contributed by atoms with Crippen LogP contribution in [0.25, 0.3) is 0 Å². The summed E-state index contributed by atoms with van der Waals surface area (Å²) in [6, 6.07) is 16.2. The van der Waals surface area contributed by atoms with Crippen LogP contribution >= 0.6 is 11.6 Å². The van der Waals surface area contributed by atoms with Gasteiger partial charge in [-0.1, -0.05) is 23.7 Å². The van der Waals surface area contributed by atoms with Crippen LogP contribution in [-0.4, -0.2) is 10.9 Å². The normalized spacial score (nSPS) is 10.5. The summed E-state index contributed by atoms with van der Waals surface area (Å²) < 4.78 is 18.4. The van der Waals surface area contributed by atoms with E-state index in [4.69, 9.17) is 16.0 Å². The molecule has 3 rings (SSSR count). The van der Waals surface area contributed by atoms with Gasteiger partial charge >= 0.3 is 6.03 Å². The minimum Gasteiger partial charge on any atom is -0.467 e. The molecule has 128 valence electrons. The van der Waals surface area contributed by atoms with Crippen molar-refractivity contribution in [3.8, 4) is 0 Å². The average Bonchev–Trinajstić information content (AvgIpc) is 3.11. The van der Waals surface area contributed by atoms with Crippen LogP contribution in [-0.2, 0) is 13.1 Å². The maximum Gasteiger partial charge on any atom is 0.322 e. The largest absolute Gasteiger partial charge is 0.467 e. The van der Waals surface area contributed by atoms with E-state index in [0.717, 1.165) is 5.56 Å². The second-order valence-electron chi connectivity index (χ2n) is 5.50. The molecule has 0 unspecified atom stereocenters. The van der Waals surface area contributed by atoms with E-state index < -0.39 is 0 Å². The molecule has 0 saturated heterocycles. The van der Waals surface area contributed by atoms with Crippen LogP contribution in [0.4, 0.5) is 14.9 Å². The van der Waals surface area contributed by atoms with Gasteiger partial charge in [0, 0.05) is 17.3 Å². The Balaban J connectivity index is 1.75. The van der Waals surface area contributed by atoms with Crippen molar-refractivity contribution in [2.24, 2.45) is 0 Å². The molecule has 0 aliphatic carbocycles. The Morgan fingerprint density at radius 3 is 2.40 bits per heavy atom. The van der Waals surface area contributed by atoms with Crippen LogP contribution in [0, 0.1) is 5.82 Å². The average molecular weight is 359 g/mol. The van der Waals surface area contributed by atoms with Crippen molar-refractivity contribution in [3.05, 3.63) is 89.1 Å². The molecule has 0 fully saturated rings. The predicted octanol–water partition coefficient (Wildman–Crippen LogP) is 5.31. The summed E-state index contributed by atoms with van der Waals surface area (Å²) in [6.45, 7) is 0.615. The quantitative estimate of drug-likeness (QED) is 0.672. The summed E-state index contributed by atoms with van der Waals surface area (Å²) in [7, 11) is 0. The fraction of sp³-hybridized carbons (Fsp3) is 0.105. The van der Waals surface area contributed by atoms with Crippen molar-refractivity contribution in [3.63, 3.8) is 0 Å². The Kier molecular flexibility index (Phi) is 5.36. The van der Waals surface area contributed by atoms with Crippen molar-refractivity contribution in [2.45, 2.75) is 13.1 Å². The van der Waals surface area contributed by atoms with E-state index in [-0.39, 0.29) is 11.8 Å². The first-order chi connectivity index (χ1) is 12.1. The third kappa shape index (κ3) is 4.84. The molecule has 4 nitrogen and oxygen atoms in total. The smallest absolute Gasteiger partial charge is 0.322 e. The molecule has 3 aromatic rings. The van der Waals surface area contributed by atoms with E-state index >= 15 is 0 Å². The Morgan fingerprint density at radius 1 is 1.04 bits per heavy atom. The lowest BCUT2D eigenvalue weighted by molar-refractivity contribution is 0.201. The molecule has 25 heavy (non-hydrogen) atoms. The number of anilines is 1. The van der Waals surface area contributed by atoms with Gasteiger partial charge in [0.2, 0.25) is 0 Å². The monoisotopic (exact) mass is 358 g/mol. The molecule has 2 amide bonds. The van der Waals surface area contributed by atoms with Crippen molar-refractivity contribution in [1.82, 2.24) is 4.90 Å². The van der Waals surface area contributed by atoms with Gasteiger partial charge in [-0.2, -0.15) is 0 Å². The fourth-order valence-corrected chi connectivity index (χ4v) is 2.46. The first kappa shape index (κ1) is 17.0. The van der Waals surface area contributed by atoms with Gasteiger partial charge in [0.1, 0.15) is 11.6 Å². The van der Waals surface area contributed by atoms with Gasteiger partial charge in [0.25, 0.3) is 0 Å². The summed E-state index contributed by atoms with van der Waals surface area (Å²) >= 11 is 5.86. The van der Waals surface area contributed by atoms with Gasteiger partial charge in [-0.25, -0.2) is 9.18 Å². The topological polar surface area (TPSA) is 45.5 Å². The van der Waals surface area contributed by atoms with Gasteiger partial charge in [0.15, 0.2) is 0 Å². The number of nitrogens with zero attached hydrogens (tertiary/aromatic N) is 1. The molecule has 0 aliphatic rings. The summed E-state index contributed by atoms with van der Waals surface area (Å²) in [5.41, 5.74) is 1.46. The highest BCUT2D eigenvalue weighted by molar-refractivity contribution is 6.30. The summed E-state index contributed by atoms with van der Waals surface area (Å²) in [5, 5.41) is 3.42. The number of hydrogen-bond acceptors (Lipinski definition) is 2. The van der Waals surface area contributed by atoms with Crippen LogP contribution in [0.2, 0.25) is 5.02 Å². The molecule has 0 spiro atoms. The highest BCUT2D eigenvalue weighted by Crippen LogP contribution is 2.16. The second-order valence-corrected chi connectivity index (χ2v) is 5.94. The van der Waals surface area contributed by atoms with Crippen LogP contribution in [0.5, 0.6) is 0 Å². The number of carbonyl (C=O) groups excluding carboxylic acids is 1. The number of rotatable bonds is 5. The van der Waals surface area contributed by atoms with Gasteiger partial charge in [-0.15, -0.1) is 0 Å². The van der Waals surface area contributed by atoms with Gasteiger partial charge in [-0.05, 0) is 54.1 Å². The van der Waals surface area contributed by atoms with Gasteiger partial charge in [-0.3, -0.25) is 0 Å². The highest BCUT2D eigenvalue weighted by Gasteiger charge is 2.16. The minimum absolute atomic E-state index is 0.289. The lowest BCUT2D eigenvalue weighted by Gasteiger charge is -2.22. The van der Waals surface area contributed by atoms with E-state index in [2.05, 4.69) is 5.32 Å². The number of carbonyl (C=O) groups is 1. The predicted molar refractivity (Wildman–Crippen MR) is 94.8 cm³/mol. The number of amides is 2. The molecule has 0 atom stereocenters. The number of urea groups is 1. The molecule has 0 aliphatic heterocycles. The second kappa shape index (κ2) is 7.85. The molecule has 6 heteroatoms. The first-order valence-corrected chi connectivity index (χ1v) is 8.06. The SMILES string of the molecule is O=C(Nc1ccc(Cl)cc1)N(Cc1ccc(F)cc1)Cc1ccco1. The van der Waals surface area contributed by atoms with Crippen molar-refractivity contribution in [1.29, 1.82) is 0 Å². The molecule has 0 bridgehead atoms. The third-order valence-electron chi connectivity index (χ3n) is 3.60. The van der Waals surface area contributed by atoms with E-state index in [1.54, 1.807) is 59.7 Å². The van der Waals surface area contributed by atoms with Crippen LogP contribution in [0.1, 0.15) is 11.3 Å². The molecule has 2 aromatic carbocycles. The zero-order chi connectivity index (χ0) is 17.6. The first-order valence-electron chi connectivity index (χ1n) is 7.68. The van der Waals surface area contributed by atoms with Crippen LogP contribution in [0.3, 0.4) is 0 Å². The molecular weight excluding hydrogens is 343 g/mol.